The number of para-hydroxylation sites is 1. The molecule has 15 heavy (non-hydrogen) atoms. The number of benzene rings is 1. The number of rotatable bonds is 4. The summed E-state index contributed by atoms with van der Waals surface area (Å²) in [5, 5.41) is 9.96. The van der Waals surface area contributed by atoms with Crippen LogP contribution in [0.15, 0.2) is 24.3 Å². The first kappa shape index (κ1) is 11.4. The number of ether oxygens (including phenoxy) is 1. The van der Waals surface area contributed by atoms with E-state index in [1.807, 2.05) is 0 Å². The Morgan fingerprint density at radius 3 is 2.60 bits per heavy atom. The molecule has 1 unspecified atom stereocenters. The highest BCUT2D eigenvalue weighted by Gasteiger charge is 2.14. The molecule has 0 heterocycles. The summed E-state index contributed by atoms with van der Waals surface area (Å²) in [7, 11) is 2.43. The van der Waals surface area contributed by atoms with Crippen LogP contribution in [0.25, 0.3) is 0 Å². The van der Waals surface area contributed by atoms with Crippen molar-refractivity contribution in [2.75, 3.05) is 14.2 Å². The molecule has 0 aromatic heterocycles. The summed E-state index contributed by atoms with van der Waals surface area (Å²) in [6.07, 6.45) is 0. The van der Waals surface area contributed by atoms with Gasteiger partial charge in [0.05, 0.1) is 7.11 Å². The van der Waals surface area contributed by atoms with E-state index >= 15 is 0 Å². The number of quaternary nitrogens is 1. The van der Waals surface area contributed by atoms with Crippen LogP contribution >= 0.6 is 0 Å². The van der Waals surface area contributed by atoms with Crippen molar-refractivity contribution in [2.45, 2.75) is 0 Å². The van der Waals surface area contributed by atoms with E-state index in [9.17, 15) is 10.0 Å². The maximum absolute atomic E-state index is 11.2. The van der Waals surface area contributed by atoms with Crippen molar-refractivity contribution >= 4 is 5.97 Å². The lowest BCUT2D eigenvalue weighted by molar-refractivity contribution is -1.18. The van der Waals surface area contributed by atoms with E-state index in [-0.39, 0.29) is 11.3 Å². The Labute approximate surface area is 86.4 Å². The van der Waals surface area contributed by atoms with Gasteiger partial charge in [0.15, 0.2) is 0 Å². The van der Waals surface area contributed by atoms with Gasteiger partial charge in [0.1, 0.15) is 12.7 Å². The maximum atomic E-state index is 11.2. The third-order valence-electron chi connectivity index (χ3n) is 1.65. The van der Waals surface area contributed by atoms with Gasteiger partial charge in [-0.2, -0.15) is 4.84 Å². The second-order valence-electron chi connectivity index (χ2n) is 2.54. The summed E-state index contributed by atoms with van der Waals surface area (Å²) >= 11 is 0. The molecule has 1 aromatic carbocycles. The normalized spacial score (nSPS) is 11.9. The number of nitrogens with one attached hydrogen (secondary N) is 1. The molecule has 0 aliphatic carbocycles. The third-order valence-corrected chi connectivity index (χ3v) is 1.65. The largest absolute Gasteiger partial charge is 0.556 e. The highest BCUT2D eigenvalue weighted by atomic mass is 17.1. The highest BCUT2D eigenvalue weighted by molar-refractivity contribution is 5.92. The molecule has 1 rings (SSSR count). The molecule has 1 N–H and O–H groups in total. The standard InChI is InChI=1S/C9H11NO5/c1-13-9(11)7-5-3-4-6-8(7)15-10(12)14-2/h3-6,10H,1-2H3. The van der Waals surface area contributed by atoms with Crippen LogP contribution in [-0.4, -0.2) is 20.2 Å². The Balaban J connectivity index is 2.91. The summed E-state index contributed by atoms with van der Waals surface area (Å²) < 4.78 is 4.52. The van der Waals surface area contributed by atoms with Gasteiger partial charge < -0.3 is 9.94 Å². The van der Waals surface area contributed by atoms with Crippen LogP contribution in [0, 0.1) is 5.21 Å². The summed E-state index contributed by atoms with van der Waals surface area (Å²) in [6.45, 7) is 0. The molecule has 82 valence electrons. The van der Waals surface area contributed by atoms with Gasteiger partial charge in [0.25, 0.3) is 0 Å². The molecule has 0 spiro atoms. The predicted octanol–water partition coefficient (Wildman–Crippen LogP) is -0.289. The molecular formula is C9H11NO5. The lowest BCUT2D eigenvalue weighted by Crippen LogP contribution is -3.07. The Kier molecular flexibility index (Phi) is 4.04. The van der Waals surface area contributed by atoms with E-state index in [2.05, 4.69) is 9.57 Å². The molecule has 1 atom stereocenters. The minimum absolute atomic E-state index is 0.108. The van der Waals surface area contributed by atoms with Crippen LogP contribution in [-0.2, 0) is 9.57 Å². The SMILES string of the molecule is COC(=O)c1ccccc1O[NH+]([O-])OC. The van der Waals surface area contributed by atoms with E-state index in [0.717, 1.165) is 0 Å². The molecule has 6 heteroatoms. The predicted molar refractivity (Wildman–Crippen MR) is 49.7 cm³/mol. The zero-order valence-corrected chi connectivity index (χ0v) is 8.35. The number of carbonyl (C=O) groups is 1. The van der Waals surface area contributed by atoms with Crippen LogP contribution in [0.2, 0.25) is 0 Å². The monoisotopic (exact) mass is 213 g/mol. The number of esters is 1. The van der Waals surface area contributed by atoms with E-state index in [1.165, 1.54) is 26.4 Å². The van der Waals surface area contributed by atoms with Gasteiger partial charge in [-0.1, -0.05) is 12.1 Å². The van der Waals surface area contributed by atoms with E-state index in [1.54, 1.807) is 12.1 Å². The van der Waals surface area contributed by atoms with Crippen LogP contribution < -0.4 is 10.2 Å². The van der Waals surface area contributed by atoms with Crippen molar-refractivity contribution in [3.8, 4) is 5.75 Å². The van der Waals surface area contributed by atoms with Crippen molar-refractivity contribution in [1.82, 2.24) is 0 Å². The number of hydrogen-bond acceptors (Lipinski definition) is 5. The molecule has 0 aliphatic rings. The first-order chi connectivity index (χ1) is 7.19. The molecular weight excluding hydrogens is 202 g/mol. The number of carbonyl (C=O) groups excluding carboxylic acids is 1. The first-order valence-electron chi connectivity index (χ1n) is 4.12. The quantitative estimate of drug-likeness (QED) is 0.549. The maximum Gasteiger partial charge on any atom is 0.341 e. The van der Waals surface area contributed by atoms with Crippen molar-refractivity contribution in [2.24, 2.45) is 0 Å². The molecule has 0 bridgehead atoms. The van der Waals surface area contributed by atoms with Crippen LogP contribution in [0.1, 0.15) is 10.4 Å². The van der Waals surface area contributed by atoms with Crippen LogP contribution in [0.4, 0.5) is 0 Å². The van der Waals surface area contributed by atoms with Gasteiger partial charge in [-0.25, -0.2) is 4.79 Å². The highest BCUT2D eigenvalue weighted by Crippen LogP contribution is 2.16. The van der Waals surface area contributed by atoms with Gasteiger partial charge >= 0.3 is 5.97 Å². The minimum atomic E-state index is -0.883. The van der Waals surface area contributed by atoms with Gasteiger partial charge in [-0.3, -0.25) is 4.84 Å². The minimum Gasteiger partial charge on any atom is -0.556 e. The first-order valence-corrected chi connectivity index (χ1v) is 4.12. The number of methoxy groups -OCH3 is 1. The van der Waals surface area contributed by atoms with Crippen molar-refractivity contribution in [1.29, 1.82) is 0 Å². The van der Waals surface area contributed by atoms with Gasteiger partial charge in [0.2, 0.25) is 5.75 Å². The van der Waals surface area contributed by atoms with E-state index in [0.29, 0.717) is 0 Å². The molecule has 0 radical (unpaired) electrons. The Bertz CT molecular complexity index is 341. The fourth-order valence-corrected chi connectivity index (χ4v) is 0.966. The average Bonchev–Trinajstić information content (AvgIpc) is 2.28. The second-order valence-corrected chi connectivity index (χ2v) is 2.54. The van der Waals surface area contributed by atoms with Gasteiger partial charge in [-0.15, -0.1) is 0 Å². The molecule has 0 saturated carbocycles. The second kappa shape index (κ2) is 5.30. The third kappa shape index (κ3) is 2.91. The average molecular weight is 213 g/mol. The molecule has 0 fully saturated rings. The van der Waals surface area contributed by atoms with E-state index < -0.39 is 11.4 Å². The molecule has 0 amide bonds. The van der Waals surface area contributed by atoms with Crippen molar-refractivity contribution in [3.05, 3.63) is 35.0 Å². The smallest absolute Gasteiger partial charge is 0.341 e. The van der Waals surface area contributed by atoms with E-state index in [4.69, 9.17) is 4.84 Å². The zero-order chi connectivity index (χ0) is 11.3. The Hall–Kier alpha value is -1.63. The van der Waals surface area contributed by atoms with Crippen molar-refractivity contribution < 1.29 is 24.6 Å². The lowest BCUT2D eigenvalue weighted by atomic mass is 10.2. The lowest BCUT2D eigenvalue weighted by Gasteiger charge is -2.16. The summed E-state index contributed by atoms with van der Waals surface area (Å²) in [6, 6.07) is 6.23. The fourth-order valence-electron chi connectivity index (χ4n) is 0.966. The van der Waals surface area contributed by atoms with Crippen molar-refractivity contribution in [3.63, 3.8) is 0 Å². The van der Waals surface area contributed by atoms with Crippen LogP contribution in [0.3, 0.4) is 0 Å². The summed E-state index contributed by atoms with van der Waals surface area (Å²) in [5.74, 6) is -0.467. The topological polar surface area (TPSA) is 72.3 Å². The number of hydrogen-bond donors (Lipinski definition) is 1. The van der Waals surface area contributed by atoms with Gasteiger partial charge in [-0.05, 0) is 17.5 Å². The van der Waals surface area contributed by atoms with Gasteiger partial charge in [0, 0.05) is 0 Å². The molecule has 6 nitrogen and oxygen atoms in total. The molecule has 0 aliphatic heterocycles. The Morgan fingerprint density at radius 2 is 2.00 bits per heavy atom. The molecule has 1 aromatic rings. The zero-order valence-electron chi connectivity index (χ0n) is 8.35. The Morgan fingerprint density at radius 1 is 1.33 bits per heavy atom. The fraction of sp³-hybridized carbons (Fsp3) is 0.222. The summed E-state index contributed by atoms with van der Waals surface area (Å²) in [4.78, 5) is 20.3. The molecule has 0 saturated heterocycles. The summed E-state index contributed by atoms with van der Waals surface area (Å²) in [5.41, 5.74) is 0.172. The van der Waals surface area contributed by atoms with Crippen LogP contribution in [0.5, 0.6) is 5.75 Å².